The summed E-state index contributed by atoms with van der Waals surface area (Å²) in [5, 5.41) is 12.2. The van der Waals surface area contributed by atoms with Crippen LogP contribution in [0.3, 0.4) is 0 Å². The highest BCUT2D eigenvalue weighted by Gasteiger charge is 2.22. The lowest BCUT2D eigenvalue weighted by Crippen LogP contribution is -2.24. The molecule has 1 atom stereocenters. The number of anilines is 2. The molecule has 3 rings (SSSR count). The Bertz CT molecular complexity index is 660. The zero-order valence-electron chi connectivity index (χ0n) is 11.4. The average Bonchev–Trinajstić information content (AvgIpc) is 2.89. The molecule has 0 radical (unpaired) electrons. The van der Waals surface area contributed by atoms with Gasteiger partial charge in [-0.15, -0.1) is 0 Å². The summed E-state index contributed by atoms with van der Waals surface area (Å²) in [4.78, 5) is 11.0. The van der Waals surface area contributed by atoms with Crippen molar-refractivity contribution < 1.29 is 14.6 Å². The van der Waals surface area contributed by atoms with Crippen LogP contribution in [0.25, 0.3) is 0 Å². The molecular weight excluding hydrogens is 268 g/mol. The van der Waals surface area contributed by atoms with Crippen LogP contribution in [0.4, 0.5) is 11.4 Å². The molecule has 1 unspecified atom stereocenters. The van der Waals surface area contributed by atoms with Crippen molar-refractivity contribution in [1.29, 1.82) is 0 Å². The quantitative estimate of drug-likeness (QED) is 0.751. The molecule has 2 aromatic carbocycles. The van der Waals surface area contributed by atoms with Gasteiger partial charge >= 0.3 is 5.97 Å². The molecule has 108 valence electrons. The van der Waals surface area contributed by atoms with E-state index in [4.69, 9.17) is 15.6 Å². The van der Waals surface area contributed by atoms with E-state index in [1.807, 2.05) is 18.2 Å². The molecule has 1 heterocycles. The largest absolute Gasteiger partial charge is 0.488 e. The SMILES string of the molecule is Nc1ccc(C(=O)O)cc1NCC1Cc2ccccc2O1. The number of aromatic carboxylic acids is 1. The first-order valence-corrected chi connectivity index (χ1v) is 6.75. The molecule has 0 saturated carbocycles. The van der Waals surface area contributed by atoms with Gasteiger partial charge in [-0.2, -0.15) is 0 Å². The zero-order valence-corrected chi connectivity index (χ0v) is 11.4. The summed E-state index contributed by atoms with van der Waals surface area (Å²) in [5.74, 6) is -0.0564. The second kappa shape index (κ2) is 5.36. The van der Waals surface area contributed by atoms with Crippen molar-refractivity contribution in [2.75, 3.05) is 17.6 Å². The number of benzene rings is 2. The summed E-state index contributed by atoms with van der Waals surface area (Å²) in [6.45, 7) is 0.571. The third-order valence-corrected chi connectivity index (χ3v) is 3.53. The highest BCUT2D eigenvalue weighted by molar-refractivity contribution is 5.90. The third kappa shape index (κ3) is 2.76. The number of para-hydroxylation sites is 1. The summed E-state index contributed by atoms with van der Waals surface area (Å²) in [7, 11) is 0. The number of rotatable bonds is 4. The van der Waals surface area contributed by atoms with Crippen molar-refractivity contribution in [2.24, 2.45) is 0 Å². The number of carboxylic acids is 1. The second-order valence-electron chi connectivity index (χ2n) is 5.04. The molecule has 5 heteroatoms. The van der Waals surface area contributed by atoms with Crippen molar-refractivity contribution in [3.05, 3.63) is 53.6 Å². The molecule has 4 N–H and O–H groups in total. The van der Waals surface area contributed by atoms with Gasteiger partial charge in [0.05, 0.1) is 23.5 Å². The molecule has 0 fully saturated rings. The molecule has 0 saturated heterocycles. The van der Waals surface area contributed by atoms with Crippen molar-refractivity contribution >= 4 is 17.3 Å². The van der Waals surface area contributed by atoms with Gasteiger partial charge in [0.1, 0.15) is 11.9 Å². The van der Waals surface area contributed by atoms with Crippen LogP contribution >= 0.6 is 0 Å². The Morgan fingerprint density at radius 2 is 2.14 bits per heavy atom. The minimum atomic E-state index is -0.970. The Labute approximate surface area is 122 Å². The molecule has 0 bridgehead atoms. The minimum Gasteiger partial charge on any atom is -0.488 e. The lowest BCUT2D eigenvalue weighted by Gasteiger charge is -2.14. The number of nitrogen functional groups attached to an aromatic ring is 1. The Morgan fingerprint density at radius 1 is 1.33 bits per heavy atom. The van der Waals surface area contributed by atoms with Gasteiger partial charge in [0.15, 0.2) is 0 Å². The number of hydrogen-bond acceptors (Lipinski definition) is 4. The fraction of sp³-hybridized carbons (Fsp3) is 0.188. The van der Waals surface area contributed by atoms with E-state index in [1.54, 1.807) is 12.1 Å². The molecule has 0 spiro atoms. The predicted molar refractivity (Wildman–Crippen MR) is 80.9 cm³/mol. The molecule has 21 heavy (non-hydrogen) atoms. The topological polar surface area (TPSA) is 84.6 Å². The summed E-state index contributed by atoms with van der Waals surface area (Å²) in [5.41, 5.74) is 8.41. The van der Waals surface area contributed by atoms with Gasteiger partial charge in [0.2, 0.25) is 0 Å². The Balaban J connectivity index is 1.67. The van der Waals surface area contributed by atoms with Crippen LogP contribution in [-0.4, -0.2) is 23.7 Å². The Morgan fingerprint density at radius 3 is 2.90 bits per heavy atom. The second-order valence-corrected chi connectivity index (χ2v) is 5.04. The monoisotopic (exact) mass is 284 g/mol. The van der Waals surface area contributed by atoms with Crippen LogP contribution in [0.5, 0.6) is 5.75 Å². The van der Waals surface area contributed by atoms with E-state index in [9.17, 15) is 4.79 Å². The maximum absolute atomic E-state index is 11.0. The average molecular weight is 284 g/mol. The van der Waals surface area contributed by atoms with Gasteiger partial charge in [0.25, 0.3) is 0 Å². The molecule has 0 aromatic heterocycles. The van der Waals surface area contributed by atoms with Crippen LogP contribution in [-0.2, 0) is 6.42 Å². The number of fused-ring (bicyclic) bond motifs is 1. The normalized spacial score (nSPS) is 16.1. The summed E-state index contributed by atoms with van der Waals surface area (Å²) >= 11 is 0. The van der Waals surface area contributed by atoms with E-state index in [-0.39, 0.29) is 11.7 Å². The summed E-state index contributed by atoms with van der Waals surface area (Å²) < 4.78 is 5.83. The molecule has 1 aliphatic rings. The van der Waals surface area contributed by atoms with Crippen LogP contribution in [0.1, 0.15) is 15.9 Å². The molecule has 1 aliphatic heterocycles. The first kappa shape index (κ1) is 13.3. The fourth-order valence-corrected chi connectivity index (χ4v) is 2.43. The number of nitrogens with two attached hydrogens (primary N) is 1. The number of nitrogens with one attached hydrogen (secondary N) is 1. The highest BCUT2D eigenvalue weighted by atomic mass is 16.5. The minimum absolute atomic E-state index is 0.0234. The van der Waals surface area contributed by atoms with Gasteiger partial charge < -0.3 is 20.9 Å². The number of ether oxygens (including phenoxy) is 1. The van der Waals surface area contributed by atoms with Crippen molar-refractivity contribution in [3.63, 3.8) is 0 Å². The molecule has 2 aromatic rings. The van der Waals surface area contributed by atoms with Crippen LogP contribution < -0.4 is 15.8 Å². The van der Waals surface area contributed by atoms with E-state index in [0.717, 1.165) is 12.2 Å². The Hall–Kier alpha value is -2.69. The smallest absolute Gasteiger partial charge is 0.335 e. The van der Waals surface area contributed by atoms with Gasteiger partial charge in [0, 0.05) is 6.42 Å². The summed E-state index contributed by atoms with van der Waals surface area (Å²) in [6.07, 6.45) is 0.858. The van der Waals surface area contributed by atoms with E-state index in [0.29, 0.717) is 17.9 Å². The zero-order chi connectivity index (χ0) is 14.8. The van der Waals surface area contributed by atoms with Gasteiger partial charge in [-0.3, -0.25) is 0 Å². The number of carbonyl (C=O) groups is 1. The standard InChI is InChI=1S/C16H16N2O3/c17-13-6-5-11(16(19)20)8-14(13)18-9-12-7-10-3-1-2-4-15(10)21-12/h1-6,8,12,18H,7,9,17H2,(H,19,20). The first-order valence-electron chi connectivity index (χ1n) is 6.75. The van der Waals surface area contributed by atoms with Gasteiger partial charge in [-0.25, -0.2) is 4.79 Å². The van der Waals surface area contributed by atoms with E-state index < -0.39 is 5.97 Å². The van der Waals surface area contributed by atoms with Gasteiger partial charge in [-0.1, -0.05) is 18.2 Å². The van der Waals surface area contributed by atoms with Gasteiger partial charge in [-0.05, 0) is 29.8 Å². The number of hydrogen-bond donors (Lipinski definition) is 3. The maximum Gasteiger partial charge on any atom is 0.335 e. The predicted octanol–water partition coefficient (Wildman–Crippen LogP) is 2.38. The highest BCUT2D eigenvalue weighted by Crippen LogP contribution is 2.28. The molecule has 0 aliphatic carbocycles. The summed E-state index contributed by atoms with van der Waals surface area (Å²) in [6, 6.07) is 12.6. The maximum atomic E-state index is 11.0. The van der Waals surface area contributed by atoms with E-state index >= 15 is 0 Å². The van der Waals surface area contributed by atoms with Crippen LogP contribution in [0, 0.1) is 0 Å². The van der Waals surface area contributed by atoms with Crippen molar-refractivity contribution in [1.82, 2.24) is 0 Å². The lowest BCUT2D eigenvalue weighted by molar-refractivity contribution is 0.0697. The Kier molecular flexibility index (Phi) is 3.39. The first-order chi connectivity index (χ1) is 10.1. The molecular formula is C16H16N2O3. The van der Waals surface area contributed by atoms with E-state index in [2.05, 4.69) is 11.4 Å². The molecule has 5 nitrogen and oxygen atoms in total. The van der Waals surface area contributed by atoms with Crippen molar-refractivity contribution in [2.45, 2.75) is 12.5 Å². The lowest BCUT2D eigenvalue weighted by atomic mass is 10.1. The van der Waals surface area contributed by atoms with E-state index in [1.165, 1.54) is 11.6 Å². The fourth-order valence-electron chi connectivity index (χ4n) is 2.43. The van der Waals surface area contributed by atoms with Crippen LogP contribution in [0.15, 0.2) is 42.5 Å². The van der Waals surface area contributed by atoms with Crippen molar-refractivity contribution in [3.8, 4) is 5.75 Å². The molecule has 0 amide bonds. The third-order valence-electron chi connectivity index (χ3n) is 3.53. The van der Waals surface area contributed by atoms with Crippen LogP contribution in [0.2, 0.25) is 0 Å². The number of carboxylic acid groups (broad SMARTS) is 1.